The van der Waals surface area contributed by atoms with Crippen molar-refractivity contribution in [3.05, 3.63) is 48.0 Å². The molecule has 0 saturated carbocycles. The van der Waals surface area contributed by atoms with Gasteiger partial charge in [0, 0.05) is 12.3 Å². The lowest BCUT2D eigenvalue weighted by Gasteiger charge is -2.06. The molecule has 0 spiro atoms. The first-order valence-electron chi connectivity index (χ1n) is 6.17. The van der Waals surface area contributed by atoms with Gasteiger partial charge in [0.1, 0.15) is 22.9 Å². The van der Waals surface area contributed by atoms with E-state index in [0.717, 1.165) is 22.7 Å². The Hall–Kier alpha value is -2.49. The number of aliphatic imine (C=N–C) groups is 1. The molecular weight excluding hydrogens is 254 g/mol. The molecule has 0 fully saturated rings. The van der Waals surface area contributed by atoms with Crippen LogP contribution in [0.3, 0.4) is 0 Å². The molecule has 0 N–H and O–H groups in total. The van der Waals surface area contributed by atoms with E-state index in [2.05, 4.69) is 4.99 Å². The zero-order chi connectivity index (χ0) is 14.4. The third kappa shape index (κ3) is 3.29. The van der Waals surface area contributed by atoms with E-state index in [9.17, 15) is 0 Å². The molecule has 2 aromatic rings. The van der Waals surface area contributed by atoms with E-state index < -0.39 is 0 Å². The molecule has 20 heavy (non-hydrogen) atoms. The van der Waals surface area contributed by atoms with Crippen molar-refractivity contribution in [1.29, 1.82) is 0 Å². The van der Waals surface area contributed by atoms with E-state index in [1.807, 2.05) is 42.5 Å². The fourth-order valence-electron chi connectivity index (χ4n) is 1.73. The van der Waals surface area contributed by atoms with Gasteiger partial charge in [0.05, 0.1) is 21.3 Å². The van der Waals surface area contributed by atoms with Gasteiger partial charge in [-0.2, -0.15) is 0 Å². The summed E-state index contributed by atoms with van der Waals surface area (Å²) in [5, 5.41) is 0. The average molecular weight is 271 g/mol. The van der Waals surface area contributed by atoms with Crippen molar-refractivity contribution in [2.24, 2.45) is 4.99 Å². The zero-order valence-corrected chi connectivity index (χ0v) is 11.8. The summed E-state index contributed by atoms with van der Waals surface area (Å²) in [4.78, 5) is 4.44. The predicted octanol–water partition coefficient (Wildman–Crippen LogP) is 3.46. The van der Waals surface area contributed by atoms with Crippen molar-refractivity contribution in [2.45, 2.75) is 0 Å². The highest BCUT2D eigenvalue weighted by atomic mass is 16.5. The Balaban J connectivity index is 2.24. The molecular formula is C16H17NO3. The second-order valence-electron chi connectivity index (χ2n) is 4.07. The van der Waals surface area contributed by atoms with E-state index >= 15 is 0 Å². The quantitative estimate of drug-likeness (QED) is 0.782. The molecule has 0 atom stereocenters. The first-order chi connectivity index (χ1) is 9.76. The highest BCUT2D eigenvalue weighted by molar-refractivity contribution is 5.83. The Kier molecular flexibility index (Phi) is 4.60. The Morgan fingerprint density at radius 3 is 2.05 bits per heavy atom. The molecule has 2 aromatic carbocycles. The summed E-state index contributed by atoms with van der Waals surface area (Å²) in [5.74, 6) is 2.27. The maximum Gasteiger partial charge on any atom is 0.144 e. The smallest absolute Gasteiger partial charge is 0.144 e. The zero-order valence-electron chi connectivity index (χ0n) is 11.8. The minimum absolute atomic E-state index is 0.704. The minimum Gasteiger partial charge on any atom is -0.497 e. The highest BCUT2D eigenvalue weighted by Crippen LogP contribution is 2.31. The molecule has 0 radical (unpaired) electrons. The fraction of sp³-hybridized carbons (Fsp3) is 0.188. The number of methoxy groups -OCH3 is 3. The molecule has 2 rings (SSSR count). The average Bonchev–Trinajstić information content (AvgIpc) is 2.53. The van der Waals surface area contributed by atoms with Gasteiger partial charge in [-0.15, -0.1) is 0 Å². The summed E-state index contributed by atoms with van der Waals surface area (Å²) in [7, 11) is 4.89. The lowest BCUT2D eigenvalue weighted by molar-refractivity contribution is 0.404. The van der Waals surface area contributed by atoms with Crippen LogP contribution in [0.4, 0.5) is 5.69 Å². The van der Waals surface area contributed by atoms with Crippen LogP contribution in [-0.4, -0.2) is 27.5 Å². The van der Waals surface area contributed by atoms with Crippen LogP contribution in [0.15, 0.2) is 47.5 Å². The van der Waals surface area contributed by atoms with Crippen molar-refractivity contribution >= 4 is 11.9 Å². The molecule has 4 heteroatoms. The van der Waals surface area contributed by atoms with Gasteiger partial charge in [-0.1, -0.05) is 0 Å². The largest absolute Gasteiger partial charge is 0.497 e. The van der Waals surface area contributed by atoms with Crippen LogP contribution >= 0.6 is 0 Å². The van der Waals surface area contributed by atoms with Crippen LogP contribution in [0.5, 0.6) is 17.2 Å². The number of hydrogen-bond donors (Lipinski definition) is 0. The molecule has 104 valence electrons. The van der Waals surface area contributed by atoms with Crippen molar-refractivity contribution in [3.63, 3.8) is 0 Å². The summed E-state index contributed by atoms with van der Waals surface area (Å²) >= 11 is 0. The summed E-state index contributed by atoms with van der Waals surface area (Å²) in [6, 6.07) is 13.2. The van der Waals surface area contributed by atoms with Crippen molar-refractivity contribution in [3.8, 4) is 17.2 Å². The molecule has 0 bridgehead atoms. The molecule has 0 heterocycles. The predicted molar refractivity (Wildman–Crippen MR) is 79.8 cm³/mol. The van der Waals surface area contributed by atoms with Gasteiger partial charge < -0.3 is 14.2 Å². The molecule has 0 aromatic heterocycles. The topological polar surface area (TPSA) is 40.0 Å². The number of nitrogens with zero attached hydrogens (tertiary/aromatic N) is 1. The van der Waals surface area contributed by atoms with Gasteiger partial charge in [0.2, 0.25) is 0 Å². The molecule has 4 nitrogen and oxygen atoms in total. The standard InChI is InChI=1S/C16H17NO3/c1-18-13-6-4-12(5-7-13)11-17-15-10-14(19-2)8-9-16(15)20-3/h4-11H,1-3H3. The van der Waals surface area contributed by atoms with Gasteiger partial charge in [-0.3, -0.25) is 4.99 Å². The lowest BCUT2D eigenvalue weighted by Crippen LogP contribution is -1.88. The third-order valence-corrected chi connectivity index (χ3v) is 2.85. The number of benzene rings is 2. The minimum atomic E-state index is 0.704. The summed E-state index contributed by atoms with van der Waals surface area (Å²) in [6.07, 6.45) is 1.77. The number of rotatable bonds is 5. The molecule has 0 aliphatic heterocycles. The molecule has 0 amide bonds. The van der Waals surface area contributed by atoms with Crippen molar-refractivity contribution in [2.75, 3.05) is 21.3 Å². The van der Waals surface area contributed by atoms with Gasteiger partial charge >= 0.3 is 0 Å². The van der Waals surface area contributed by atoms with E-state index in [0.29, 0.717) is 5.75 Å². The summed E-state index contributed by atoms with van der Waals surface area (Å²) in [6.45, 7) is 0. The maximum absolute atomic E-state index is 5.28. The number of ether oxygens (including phenoxy) is 3. The van der Waals surface area contributed by atoms with Crippen LogP contribution < -0.4 is 14.2 Å². The lowest BCUT2D eigenvalue weighted by atomic mass is 10.2. The molecule has 0 aliphatic carbocycles. The van der Waals surface area contributed by atoms with Gasteiger partial charge in [0.15, 0.2) is 0 Å². The Bertz CT molecular complexity index is 591. The normalized spacial score (nSPS) is 10.6. The number of hydrogen-bond acceptors (Lipinski definition) is 4. The van der Waals surface area contributed by atoms with E-state index in [1.165, 1.54) is 0 Å². The maximum atomic E-state index is 5.28. The second-order valence-corrected chi connectivity index (χ2v) is 4.07. The monoisotopic (exact) mass is 271 g/mol. The second kappa shape index (κ2) is 6.61. The Labute approximate surface area is 118 Å². The first kappa shape index (κ1) is 13.9. The van der Waals surface area contributed by atoms with Crippen LogP contribution in [0.2, 0.25) is 0 Å². The Morgan fingerprint density at radius 2 is 1.45 bits per heavy atom. The molecule has 0 aliphatic rings. The molecule has 0 saturated heterocycles. The van der Waals surface area contributed by atoms with E-state index in [4.69, 9.17) is 14.2 Å². The van der Waals surface area contributed by atoms with E-state index in [1.54, 1.807) is 27.5 Å². The van der Waals surface area contributed by atoms with Crippen LogP contribution in [0.25, 0.3) is 0 Å². The first-order valence-corrected chi connectivity index (χ1v) is 6.17. The van der Waals surface area contributed by atoms with Gasteiger partial charge in [-0.05, 0) is 42.0 Å². The fourth-order valence-corrected chi connectivity index (χ4v) is 1.73. The Morgan fingerprint density at radius 1 is 0.800 bits per heavy atom. The van der Waals surface area contributed by atoms with Gasteiger partial charge in [0.25, 0.3) is 0 Å². The van der Waals surface area contributed by atoms with Crippen molar-refractivity contribution < 1.29 is 14.2 Å². The highest BCUT2D eigenvalue weighted by Gasteiger charge is 2.03. The van der Waals surface area contributed by atoms with Crippen LogP contribution in [0, 0.1) is 0 Å². The van der Waals surface area contributed by atoms with Crippen LogP contribution in [0.1, 0.15) is 5.56 Å². The third-order valence-electron chi connectivity index (χ3n) is 2.85. The van der Waals surface area contributed by atoms with Crippen molar-refractivity contribution in [1.82, 2.24) is 0 Å². The van der Waals surface area contributed by atoms with E-state index in [-0.39, 0.29) is 0 Å². The molecule has 0 unspecified atom stereocenters. The summed E-state index contributed by atoms with van der Waals surface area (Å²) < 4.78 is 15.6. The van der Waals surface area contributed by atoms with Crippen LogP contribution in [-0.2, 0) is 0 Å². The van der Waals surface area contributed by atoms with Gasteiger partial charge in [-0.25, -0.2) is 0 Å². The summed E-state index contributed by atoms with van der Waals surface area (Å²) in [5.41, 5.74) is 1.71. The SMILES string of the molecule is COc1ccc(C=Nc2cc(OC)ccc2OC)cc1.